The molecule has 0 aliphatic rings. The van der Waals surface area contributed by atoms with Crippen LogP contribution in [0.15, 0.2) is 53.7 Å². The predicted octanol–water partition coefficient (Wildman–Crippen LogP) is 5.16. The van der Waals surface area contributed by atoms with Gasteiger partial charge in [0.15, 0.2) is 11.0 Å². The van der Waals surface area contributed by atoms with Gasteiger partial charge in [0.1, 0.15) is 5.82 Å². The Morgan fingerprint density at radius 1 is 1.17 bits per heavy atom. The Hall–Kier alpha value is -2.67. The molecule has 0 unspecified atom stereocenters. The van der Waals surface area contributed by atoms with Crippen molar-refractivity contribution in [2.75, 3.05) is 0 Å². The Bertz CT molecular complexity index is 1000. The number of carbonyl (C=O) groups excluding carboxylic acids is 1. The first-order chi connectivity index (χ1) is 14.4. The van der Waals surface area contributed by atoms with Crippen molar-refractivity contribution >= 4 is 17.7 Å². The number of nitrogens with zero attached hydrogens (tertiary/aromatic N) is 3. The molecule has 0 fully saturated rings. The van der Waals surface area contributed by atoms with Gasteiger partial charge in [0, 0.05) is 12.1 Å². The number of rotatable bonds is 8. The lowest BCUT2D eigenvalue weighted by molar-refractivity contribution is -0.120. The van der Waals surface area contributed by atoms with E-state index < -0.39 is 0 Å². The van der Waals surface area contributed by atoms with Gasteiger partial charge in [-0.25, -0.2) is 4.39 Å². The molecular weight excluding hydrogens is 399 g/mol. The van der Waals surface area contributed by atoms with E-state index in [-0.39, 0.29) is 23.0 Å². The van der Waals surface area contributed by atoms with E-state index in [1.807, 2.05) is 39.0 Å². The Balaban J connectivity index is 1.73. The van der Waals surface area contributed by atoms with Gasteiger partial charge in [0.25, 0.3) is 0 Å². The van der Waals surface area contributed by atoms with E-state index >= 15 is 0 Å². The quantitative estimate of drug-likeness (QED) is 0.506. The average molecular weight is 427 g/mol. The van der Waals surface area contributed by atoms with Crippen LogP contribution in [0, 0.1) is 12.7 Å². The molecular formula is C23H27FN4OS. The first kappa shape index (κ1) is 22.0. The number of aromatic nitrogens is 3. The summed E-state index contributed by atoms with van der Waals surface area (Å²) in [6.45, 7) is 8.68. The first-order valence-electron chi connectivity index (χ1n) is 10.1. The lowest BCUT2D eigenvalue weighted by atomic mass is 10.1. The van der Waals surface area contributed by atoms with E-state index in [9.17, 15) is 9.18 Å². The van der Waals surface area contributed by atoms with Crippen LogP contribution in [0.3, 0.4) is 0 Å². The minimum atomic E-state index is -0.349. The maximum absolute atomic E-state index is 13.1. The largest absolute Gasteiger partial charge is 0.349 e. The van der Waals surface area contributed by atoms with Gasteiger partial charge in [0.05, 0.1) is 11.3 Å². The Morgan fingerprint density at radius 2 is 1.90 bits per heavy atom. The molecule has 1 amide bonds. The molecule has 1 aromatic heterocycles. The number of carbonyl (C=O) groups is 1. The minimum absolute atomic E-state index is 0.0972. The standard InChI is InChI=1S/C23H27FN4OS/c1-5-13-28-21(19-8-6-7-15(2)14-19)26-27-23(28)30-17(4)22(29)25-16(3)18-9-11-20(24)12-10-18/h6-12,14,16-17H,5,13H2,1-4H3,(H,25,29)/t16-,17-/m1/s1. The lowest BCUT2D eigenvalue weighted by Crippen LogP contribution is -2.33. The average Bonchev–Trinajstić information content (AvgIpc) is 3.11. The van der Waals surface area contributed by atoms with E-state index in [0.717, 1.165) is 40.6 Å². The molecule has 0 saturated heterocycles. The molecule has 158 valence electrons. The lowest BCUT2D eigenvalue weighted by Gasteiger charge is -2.18. The topological polar surface area (TPSA) is 59.8 Å². The number of hydrogen-bond donors (Lipinski definition) is 1. The first-order valence-corrected chi connectivity index (χ1v) is 11.0. The number of amides is 1. The molecule has 7 heteroatoms. The highest BCUT2D eigenvalue weighted by Crippen LogP contribution is 2.28. The summed E-state index contributed by atoms with van der Waals surface area (Å²) < 4.78 is 15.2. The van der Waals surface area contributed by atoms with Gasteiger partial charge in [0.2, 0.25) is 5.91 Å². The van der Waals surface area contributed by atoms with Crippen molar-refractivity contribution in [1.29, 1.82) is 0 Å². The number of nitrogens with one attached hydrogen (secondary N) is 1. The Morgan fingerprint density at radius 3 is 2.57 bits per heavy atom. The zero-order valence-electron chi connectivity index (χ0n) is 17.7. The van der Waals surface area contributed by atoms with Crippen molar-refractivity contribution in [1.82, 2.24) is 20.1 Å². The van der Waals surface area contributed by atoms with Crippen LogP contribution in [-0.4, -0.2) is 25.9 Å². The van der Waals surface area contributed by atoms with Gasteiger partial charge >= 0.3 is 0 Å². The molecule has 30 heavy (non-hydrogen) atoms. The summed E-state index contributed by atoms with van der Waals surface area (Å²) in [6, 6.07) is 14.1. The summed E-state index contributed by atoms with van der Waals surface area (Å²) in [4.78, 5) is 12.7. The SMILES string of the molecule is CCCn1c(S[C@H](C)C(=O)N[C@H](C)c2ccc(F)cc2)nnc1-c1cccc(C)c1. The number of benzene rings is 2. The van der Waals surface area contributed by atoms with Crippen LogP contribution in [0.25, 0.3) is 11.4 Å². The number of aryl methyl sites for hydroxylation is 1. The summed E-state index contributed by atoms with van der Waals surface area (Å²) in [6.07, 6.45) is 0.937. The second-order valence-corrected chi connectivity index (χ2v) is 8.68. The van der Waals surface area contributed by atoms with Gasteiger partial charge in [-0.2, -0.15) is 0 Å². The van der Waals surface area contributed by atoms with Crippen molar-refractivity contribution in [2.24, 2.45) is 0 Å². The number of halogens is 1. The van der Waals surface area contributed by atoms with Gasteiger partial charge in [-0.1, -0.05) is 54.6 Å². The Kier molecular flexibility index (Phi) is 7.26. The maximum atomic E-state index is 13.1. The molecule has 3 rings (SSSR count). The molecule has 3 aromatic rings. The Labute approximate surface area is 181 Å². The van der Waals surface area contributed by atoms with E-state index in [2.05, 4.69) is 33.1 Å². The van der Waals surface area contributed by atoms with Crippen LogP contribution in [0.4, 0.5) is 4.39 Å². The molecule has 5 nitrogen and oxygen atoms in total. The molecule has 1 heterocycles. The summed E-state index contributed by atoms with van der Waals surface area (Å²) >= 11 is 1.39. The van der Waals surface area contributed by atoms with Crippen molar-refractivity contribution < 1.29 is 9.18 Å². The maximum Gasteiger partial charge on any atom is 0.233 e. The van der Waals surface area contributed by atoms with Crippen LogP contribution in [-0.2, 0) is 11.3 Å². The van der Waals surface area contributed by atoms with Gasteiger partial charge in [-0.15, -0.1) is 10.2 Å². The third kappa shape index (κ3) is 5.27. The summed E-state index contributed by atoms with van der Waals surface area (Å²) in [7, 11) is 0. The van der Waals surface area contributed by atoms with Crippen molar-refractivity contribution in [3.05, 3.63) is 65.5 Å². The summed E-state index contributed by atoms with van der Waals surface area (Å²) in [5, 5.41) is 12.1. The smallest absolute Gasteiger partial charge is 0.233 e. The van der Waals surface area contributed by atoms with Crippen LogP contribution >= 0.6 is 11.8 Å². The molecule has 1 N–H and O–H groups in total. The molecule has 0 bridgehead atoms. The van der Waals surface area contributed by atoms with E-state index in [1.54, 1.807) is 12.1 Å². The highest BCUT2D eigenvalue weighted by Gasteiger charge is 2.22. The van der Waals surface area contributed by atoms with Gasteiger partial charge in [-0.05, 0) is 51.0 Å². The highest BCUT2D eigenvalue weighted by atomic mass is 32.2. The summed E-state index contributed by atoms with van der Waals surface area (Å²) in [5.74, 6) is 0.427. The fourth-order valence-electron chi connectivity index (χ4n) is 3.18. The van der Waals surface area contributed by atoms with E-state index in [1.165, 1.54) is 23.9 Å². The second kappa shape index (κ2) is 9.89. The molecule has 2 atom stereocenters. The monoisotopic (exact) mass is 426 g/mol. The fourth-order valence-corrected chi connectivity index (χ4v) is 4.06. The van der Waals surface area contributed by atoms with E-state index in [4.69, 9.17) is 0 Å². The minimum Gasteiger partial charge on any atom is -0.349 e. The molecule has 2 aromatic carbocycles. The molecule has 0 saturated carbocycles. The number of hydrogen-bond acceptors (Lipinski definition) is 4. The highest BCUT2D eigenvalue weighted by molar-refractivity contribution is 8.00. The number of thioether (sulfide) groups is 1. The van der Waals surface area contributed by atoms with E-state index in [0.29, 0.717) is 0 Å². The second-order valence-electron chi connectivity index (χ2n) is 7.37. The van der Waals surface area contributed by atoms with Gasteiger partial charge in [-0.3, -0.25) is 4.79 Å². The normalized spacial score (nSPS) is 13.1. The predicted molar refractivity (Wildman–Crippen MR) is 119 cm³/mol. The molecule has 0 radical (unpaired) electrons. The zero-order chi connectivity index (χ0) is 21.7. The van der Waals surface area contributed by atoms with Crippen molar-refractivity contribution in [3.63, 3.8) is 0 Å². The molecule has 0 spiro atoms. The van der Waals surface area contributed by atoms with Crippen LogP contribution < -0.4 is 5.32 Å². The fraction of sp³-hybridized carbons (Fsp3) is 0.348. The van der Waals surface area contributed by atoms with Crippen LogP contribution in [0.1, 0.15) is 44.4 Å². The third-order valence-corrected chi connectivity index (χ3v) is 5.90. The van der Waals surface area contributed by atoms with Gasteiger partial charge < -0.3 is 9.88 Å². The van der Waals surface area contributed by atoms with Crippen molar-refractivity contribution in [2.45, 2.75) is 57.1 Å². The molecule has 0 aliphatic heterocycles. The third-order valence-electron chi connectivity index (χ3n) is 4.82. The van der Waals surface area contributed by atoms with Crippen LogP contribution in [0.2, 0.25) is 0 Å². The summed E-state index contributed by atoms with van der Waals surface area (Å²) in [5.41, 5.74) is 3.04. The van der Waals surface area contributed by atoms with Crippen LogP contribution in [0.5, 0.6) is 0 Å². The zero-order valence-corrected chi connectivity index (χ0v) is 18.5. The molecule has 0 aliphatic carbocycles. The van der Waals surface area contributed by atoms with Crippen molar-refractivity contribution in [3.8, 4) is 11.4 Å².